The zero-order valence-electron chi connectivity index (χ0n) is 15.9. The van der Waals surface area contributed by atoms with Crippen LogP contribution in [0.15, 0.2) is 23.6 Å². The second kappa shape index (κ2) is 8.05. The number of rotatable bonds is 5. The summed E-state index contributed by atoms with van der Waals surface area (Å²) in [5, 5.41) is 11.7. The molecule has 0 aromatic carbocycles. The number of likely N-dealkylation sites (N-methyl/N-ethyl adjacent to an activating group) is 1. The molecule has 2 aliphatic rings. The number of morpholine rings is 1. The van der Waals surface area contributed by atoms with Gasteiger partial charge in [-0.05, 0) is 6.07 Å². The molecule has 4 heterocycles. The Balaban J connectivity index is 1.56. The van der Waals surface area contributed by atoms with Crippen molar-refractivity contribution in [1.29, 1.82) is 0 Å². The first-order chi connectivity index (χ1) is 14.3. The molecule has 9 nitrogen and oxygen atoms in total. The monoisotopic (exact) mass is 429 g/mol. The van der Waals surface area contributed by atoms with Crippen molar-refractivity contribution >= 4 is 23.1 Å². The first-order valence-corrected chi connectivity index (χ1v) is 9.21. The quantitative estimate of drug-likeness (QED) is 0.710. The molecule has 162 valence electrons. The predicted molar refractivity (Wildman–Crippen MR) is 98.3 cm³/mol. The Morgan fingerprint density at radius 1 is 1.30 bits per heavy atom. The fourth-order valence-electron chi connectivity index (χ4n) is 3.45. The maximum atomic E-state index is 13.1. The van der Waals surface area contributed by atoms with E-state index >= 15 is 0 Å². The zero-order chi connectivity index (χ0) is 21.4. The number of carbonyl (C=O) groups is 1. The third-order valence-electron chi connectivity index (χ3n) is 4.92. The Morgan fingerprint density at radius 3 is 2.83 bits per heavy atom. The van der Waals surface area contributed by atoms with E-state index in [2.05, 4.69) is 20.5 Å². The van der Waals surface area contributed by atoms with Crippen molar-refractivity contribution in [3.63, 3.8) is 0 Å². The van der Waals surface area contributed by atoms with Crippen LogP contribution in [0.4, 0.5) is 23.4 Å². The number of aromatic nitrogens is 3. The number of nitrogens with one attached hydrogen (secondary N) is 1. The van der Waals surface area contributed by atoms with E-state index in [0.29, 0.717) is 12.4 Å². The van der Waals surface area contributed by atoms with Gasteiger partial charge in [-0.2, -0.15) is 10.2 Å². The summed E-state index contributed by atoms with van der Waals surface area (Å²) in [5.41, 5.74) is -0.145. The average Bonchev–Trinajstić information content (AvgIpc) is 3.30. The molecule has 2 atom stereocenters. The molecule has 0 bridgehead atoms. The molecular formula is C17H19F4N7O2. The highest BCUT2D eigenvalue weighted by Gasteiger charge is 2.33. The minimum atomic E-state index is -2.79. The zero-order valence-corrected chi connectivity index (χ0v) is 15.9. The molecule has 1 saturated heterocycles. The fraction of sp³-hybridized carbons (Fsp3) is 0.529. The first-order valence-electron chi connectivity index (χ1n) is 9.21. The summed E-state index contributed by atoms with van der Waals surface area (Å²) in [7, 11) is 1.53. The SMILES string of the molecule is CN1CC(NC(=O)c2cnn3ccc(N4CCO[C@@H](C(F)F)C4)nc23)C(C(F)F)=N1. The van der Waals surface area contributed by atoms with Crippen LogP contribution in [-0.4, -0.2) is 89.5 Å². The molecule has 2 aliphatic heterocycles. The number of carbonyl (C=O) groups excluding carboxylic acids is 1. The average molecular weight is 429 g/mol. The molecule has 1 N–H and O–H groups in total. The maximum absolute atomic E-state index is 13.1. The van der Waals surface area contributed by atoms with Crippen LogP contribution in [0.2, 0.25) is 0 Å². The van der Waals surface area contributed by atoms with Crippen LogP contribution in [0.1, 0.15) is 10.4 Å². The van der Waals surface area contributed by atoms with Crippen molar-refractivity contribution in [2.24, 2.45) is 5.10 Å². The fourth-order valence-corrected chi connectivity index (χ4v) is 3.45. The van der Waals surface area contributed by atoms with Gasteiger partial charge in [0.2, 0.25) is 0 Å². The number of ether oxygens (including phenoxy) is 1. The number of hydrogen-bond acceptors (Lipinski definition) is 7. The van der Waals surface area contributed by atoms with Gasteiger partial charge in [0.15, 0.2) is 5.65 Å². The van der Waals surface area contributed by atoms with E-state index in [9.17, 15) is 22.4 Å². The number of amides is 1. The Kier molecular flexibility index (Phi) is 5.45. The van der Waals surface area contributed by atoms with Crippen LogP contribution in [-0.2, 0) is 4.74 Å². The molecule has 13 heteroatoms. The summed E-state index contributed by atoms with van der Waals surface area (Å²) >= 11 is 0. The van der Waals surface area contributed by atoms with Gasteiger partial charge in [-0.25, -0.2) is 27.1 Å². The van der Waals surface area contributed by atoms with Gasteiger partial charge in [-0.15, -0.1) is 0 Å². The lowest BCUT2D eigenvalue weighted by atomic mass is 10.1. The van der Waals surface area contributed by atoms with Gasteiger partial charge in [-0.1, -0.05) is 0 Å². The number of hydrazone groups is 1. The minimum absolute atomic E-state index is 0.0425. The van der Waals surface area contributed by atoms with Crippen LogP contribution in [0.5, 0.6) is 0 Å². The van der Waals surface area contributed by atoms with Crippen molar-refractivity contribution in [2.45, 2.75) is 25.0 Å². The van der Waals surface area contributed by atoms with Crippen LogP contribution in [0.3, 0.4) is 0 Å². The molecule has 1 fully saturated rings. The third kappa shape index (κ3) is 3.88. The van der Waals surface area contributed by atoms with E-state index in [0.717, 1.165) is 0 Å². The highest BCUT2D eigenvalue weighted by molar-refractivity contribution is 6.04. The summed E-state index contributed by atoms with van der Waals surface area (Å²) < 4.78 is 58.7. The van der Waals surface area contributed by atoms with Crippen molar-refractivity contribution in [2.75, 3.05) is 38.2 Å². The van der Waals surface area contributed by atoms with Gasteiger partial charge in [0.05, 0.1) is 31.9 Å². The number of halogens is 4. The normalized spacial score (nSPS) is 22.3. The van der Waals surface area contributed by atoms with Crippen LogP contribution in [0, 0.1) is 0 Å². The molecule has 2 aromatic heterocycles. The van der Waals surface area contributed by atoms with Gasteiger partial charge in [0.25, 0.3) is 18.8 Å². The van der Waals surface area contributed by atoms with E-state index < -0.39 is 36.6 Å². The van der Waals surface area contributed by atoms with E-state index in [1.165, 1.54) is 22.8 Å². The van der Waals surface area contributed by atoms with E-state index in [1.54, 1.807) is 17.2 Å². The predicted octanol–water partition coefficient (Wildman–Crippen LogP) is 0.864. The van der Waals surface area contributed by atoms with Gasteiger partial charge in [-0.3, -0.25) is 9.80 Å². The van der Waals surface area contributed by atoms with Crippen molar-refractivity contribution < 1.29 is 27.1 Å². The maximum Gasteiger partial charge on any atom is 0.280 e. The second-order valence-electron chi connectivity index (χ2n) is 6.99. The number of anilines is 1. The molecule has 0 aliphatic carbocycles. The summed E-state index contributed by atoms with van der Waals surface area (Å²) in [6, 6.07) is 0.662. The highest BCUT2D eigenvalue weighted by atomic mass is 19.3. The summed E-state index contributed by atoms with van der Waals surface area (Å²) in [6.45, 7) is 0.565. The number of alkyl halides is 4. The lowest BCUT2D eigenvalue weighted by molar-refractivity contribution is -0.0615. The van der Waals surface area contributed by atoms with E-state index in [-0.39, 0.29) is 30.9 Å². The van der Waals surface area contributed by atoms with Crippen LogP contribution in [0.25, 0.3) is 5.65 Å². The molecule has 0 saturated carbocycles. The molecule has 0 radical (unpaired) electrons. The largest absolute Gasteiger partial charge is 0.369 e. The molecular weight excluding hydrogens is 410 g/mol. The molecule has 1 unspecified atom stereocenters. The van der Waals surface area contributed by atoms with Crippen LogP contribution >= 0.6 is 0 Å². The van der Waals surface area contributed by atoms with Crippen molar-refractivity contribution in [1.82, 2.24) is 24.9 Å². The van der Waals surface area contributed by atoms with Crippen molar-refractivity contribution in [3.8, 4) is 0 Å². The summed E-state index contributed by atoms with van der Waals surface area (Å²) in [4.78, 5) is 18.8. The Bertz CT molecular complexity index is 967. The summed E-state index contributed by atoms with van der Waals surface area (Å²) in [6.07, 6.45) is -3.81. The van der Waals surface area contributed by atoms with Gasteiger partial charge >= 0.3 is 0 Å². The summed E-state index contributed by atoms with van der Waals surface area (Å²) in [5.74, 6) is -0.239. The topological polar surface area (TPSA) is 87.4 Å². The number of fused-ring (bicyclic) bond motifs is 1. The first kappa shape index (κ1) is 20.3. The molecule has 4 rings (SSSR count). The third-order valence-corrected chi connectivity index (χ3v) is 4.92. The lowest BCUT2D eigenvalue weighted by Gasteiger charge is -2.33. The van der Waals surface area contributed by atoms with Gasteiger partial charge < -0.3 is 15.0 Å². The molecule has 0 spiro atoms. The van der Waals surface area contributed by atoms with Crippen LogP contribution < -0.4 is 10.2 Å². The number of nitrogens with zero attached hydrogens (tertiary/aromatic N) is 6. The van der Waals surface area contributed by atoms with E-state index in [1.807, 2.05) is 0 Å². The minimum Gasteiger partial charge on any atom is -0.369 e. The molecule has 1 amide bonds. The van der Waals surface area contributed by atoms with Gasteiger partial charge in [0.1, 0.15) is 23.2 Å². The Morgan fingerprint density at radius 2 is 2.10 bits per heavy atom. The number of hydrogen-bond donors (Lipinski definition) is 1. The smallest absolute Gasteiger partial charge is 0.280 e. The standard InChI is InChI=1S/C17H19F4N7O2/c1-26-7-10(13(25-26)15(20)21)23-17(29)9-6-22-28-3-2-12(24-16(9)28)27-4-5-30-11(8-27)14(18)19/h2-3,6,10-11,14-15H,4-5,7-8H2,1H3,(H,23,29)/t10?,11-/m1/s1. The highest BCUT2D eigenvalue weighted by Crippen LogP contribution is 2.21. The lowest BCUT2D eigenvalue weighted by Crippen LogP contribution is -2.46. The Labute approximate surface area is 168 Å². The van der Waals surface area contributed by atoms with E-state index in [4.69, 9.17) is 4.74 Å². The molecule has 30 heavy (non-hydrogen) atoms. The second-order valence-corrected chi connectivity index (χ2v) is 6.99. The van der Waals surface area contributed by atoms with Gasteiger partial charge in [0, 0.05) is 19.8 Å². The van der Waals surface area contributed by atoms with Crippen molar-refractivity contribution in [3.05, 3.63) is 24.0 Å². The Hall–Kier alpha value is -2.96. The molecule has 2 aromatic rings.